The molecular formula is C18H18FN3O2. The van der Waals surface area contributed by atoms with Gasteiger partial charge in [-0.1, -0.05) is 30.3 Å². The highest BCUT2D eigenvalue weighted by molar-refractivity contribution is 5.95. The number of urea groups is 1. The van der Waals surface area contributed by atoms with E-state index in [0.29, 0.717) is 26.2 Å². The summed E-state index contributed by atoms with van der Waals surface area (Å²) in [6.45, 7) is 1.60. The van der Waals surface area contributed by atoms with Gasteiger partial charge in [0.05, 0.1) is 5.56 Å². The Morgan fingerprint density at radius 1 is 0.833 bits per heavy atom. The van der Waals surface area contributed by atoms with Crippen LogP contribution < -0.4 is 5.32 Å². The number of rotatable bonds is 2. The van der Waals surface area contributed by atoms with E-state index in [-0.39, 0.29) is 17.5 Å². The summed E-state index contributed by atoms with van der Waals surface area (Å²) in [5.41, 5.74) is 0.798. The van der Waals surface area contributed by atoms with Crippen LogP contribution in [0.1, 0.15) is 10.4 Å². The average Bonchev–Trinajstić information content (AvgIpc) is 2.62. The average molecular weight is 327 g/mol. The van der Waals surface area contributed by atoms with Crippen molar-refractivity contribution in [3.8, 4) is 0 Å². The molecule has 2 aromatic rings. The van der Waals surface area contributed by atoms with E-state index in [1.807, 2.05) is 30.3 Å². The van der Waals surface area contributed by atoms with Crippen LogP contribution in [-0.4, -0.2) is 47.9 Å². The predicted octanol–water partition coefficient (Wildman–Crippen LogP) is 2.82. The molecule has 3 amide bonds. The van der Waals surface area contributed by atoms with Crippen molar-refractivity contribution in [2.75, 3.05) is 31.5 Å². The Bertz CT molecular complexity index is 728. The third kappa shape index (κ3) is 3.53. The number of halogens is 1. The van der Waals surface area contributed by atoms with Gasteiger partial charge in [0.1, 0.15) is 5.82 Å². The molecule has 0 unspecified atom stereocenters. The highest BCUT2D eigenvalue weighted by Crippen LogP contribution is 2.13. The van der Waals surface area contributed by atoms with E-state index in [0.717, 1.165) is 5.69 Å². The first kappa shape index (κ1) is 16.0. The number of hydrogen-bond donors (Lipinski definition) is 1. The van der Waals surface area contributed by atoms with Crippen LogP contribution in [0, 0.1) is 5.82 Å². The second-order valence-electron chi connectivity index (χ2n) is 5.56. The standard InChI is InChI=1S/C18H18FN3O2/c19-16-9-5-4-8-15(16)17(23)21-10-12-22(13-11-21)18(24)20-14-6-2-1-3-7-14/h1-9H,10-13H2,(H,20,24). The maximum Gasteiger partial charge on any atom is 0.321 e. The van der Waals surface area contributed by atoms with Crippen LogP contribution in [0.5, 0.6) is 0 Å². The van der Waals surface area contributed by atoms with E-state index in [1.165, 1.54) is 12.1 Å². The van der Waals surface area contributed by atoms with Crippen LogP contribution in [-0.2, 0) is 0 Å². The van der Waals surface area contributed by atoms with Crippen LogP contribution in [0.25, 0.3) is 0 Å². The Hall–Kier alpha value is -2.89. The molecule has 0 spiro atoms. The summed E-state index contributed by atoms with van der Waals surface area (Å²) >= 11 is 0. The number of nitrogens with one attached hydrogen (secondary N) is 1. The molecule has 1 fully saturated rings. The lowest BCUT2D eigenvalue weighted by molar-refractivity contribution is 0.0667. The summed E-state index contributed by atoms with van der Waals surface area (Å²) in [7, 11) is 0. The van der Waals surface area contributed by atoms with Gasteiger partial charge in [-0.05, 0) is 24.3 Å². The molecule has 3 rings (SSSR count). The minimum atomic E-state index is -0.522. The quantitative estimate of drug-likeness (QED) is 0.922. The maximum atomic E-state index is 13.7. The first-order valence-electron chi connectivity index (χ1n) is 7.80. The minimum Gasteiger partial charge on any atom is -0.335 e. The Morgan fingerprint density at radius 3 is 2.08 bits per heavy atom. The van der Waals surface area contributed by atoms with Gasteiger partial charge in [0.25, 0.3) is 5.91 Å². The molecule has 1 heterocycles. The molecule has 0 aliphatic carbocycles. The summed E-state index contributed by atoms with van der Waals surface area (Å²) < 4.78 is 13.7. The number of benzene rings is 2. The molecule has 0 bridgehead atoms. The van der Waals surface area contributed by atoms with Crippen LogP contribution in [0.3, 0.4) is 0 Å². The molecule has 24 heavy (non-hydrogen) atoms. The van der Waals surface area contributed by atoms with Crippen LogP contribution in [0.4, 0.5) is 14.9 Å². The van der Waals surface area contributed by atoms with Gasteiger partial charge in [-0.15, -0.1) is 0 Å². The SMILES string of the molecule is O=C(Nc1ccccc1)N1CCN(C(=O)c2ccccc2F)CC1. The summed E-state index contributed by atoms with van der Waals surface area (Å²) in [6.07, 6.45) is 0. The van der Waals surface area contributed by atoms with E-state index in [1.54, 1.807) is 21.9 Å². The van der Waals surface area contributed by atoms with Crippen molar-refractivity contribution in [3.63, 3.8) is 0 Å². The normalized spacial score (nSPS) is 14.4. The lowest BCUT2D eigenvalue weighted by Crippen LogP contribution is -2.51. The monoisotopic (exact) mass is 327 g/mol. The summed E-state index contributed by atoms with van der Waals surface area (Å²) in [4.78, 5) is 27.8. The Labute approximate surface area is 139 Å². The molecule has 124 valence electrons. The lowest BCUT2D eigenvalue weighted by atomic mass is 10.1. The molecular weight excluding hydrogens is 309 g/mol. The van der Waals surface area contributed by atoms with E-state index >= 15 is 0 Å². The van der Waals surface area contributed by atoms with Gasteiger partial charge in [0, 0.05) is 31.9 Å². The summed E-state index contributed by atoms with van der Waals surface area (Å²) in [6, 6.07) is 15.0. The number of anilines is 1. The molecule has 1 aliphatic rings. The van der Waals surface area contributed by atoms with Crippen LogP contribution >= 0.6 is 0 Å². The zero-order chi connectivity index (χ0) is 16.9. The Morgan fingerprint density at radius 2 is 1.42 bits per heavy atom. The number of amides is 3. The second kappa shape index (κ2) is 7.12. The first-order chi connectivity index (χ1) is 11.6. The molecule has 6 heteroatoms. The van der Waals surface area contributed by atoms with Crippen LogP contribution in [0.15, 0.2) is 54.6 Å². The zero-order valence-electron chi connectivity index (χ0n) is 13.1. The fraction of sp³-hybridized carbons (Fsp3) is 0.222. The maximum absolute atomic E-state index is 13.7. The highest BCUT2D eigenvalue weighted by atomic mass is 19.1. The summed E-state index contributed by atoms with van der Waals surface area (Å²) in [5, 5.41) is 2.82. The van der Waals surface area contributed by atoms with Gasteiger partial charge in [0.15, 0.2) is 0 Å². The van der Waals surface area contributed by atoms with Crippen LogP contribution in [0.2, 0.25) is 0 Å². The van der Waals surface area contributed by atoms with Crippen molar-refractivity contribution in [2.45, 2.75) is 0 Å². The number of para-hydroxylation sites is 1. The zero-order valence-corrected chi connectivity index (χ0v) is 13.1. The molecule has 5 nitrogen and oxygen atoms in total. The van der Waals surface area contributed by atoms with E-state index in [9.17, 15) is 14.0 Å². The van der Waals surface area contributed by atoms with Crippen molar-refractivity contribution in [3.05, 3.63) is 66.0 Å². The summed E-state index contributed by atoms with van der Waals surface area (Å²) in [5.74, 6) is -0.858. The topological polar surface area (TPSA) is 52.7 Å². The number of piperazine rings is 1. The van der Waals surface area contributed by atoms with Gasteiger partial charge in [0.2, 0.25) is 0 Å². The van der Waals surface area contributed by atoms with E-state index < -0.39 is 5.82 Å². The molecule has 0 aromatic heterocycles. The molecule has 2 aromatic carbocycles. The number of hydrogen-bond acceptors (Lipinski definition) is 2. The molecule has 0 atom stereocenters. The van der Waals surface area contributed by atoms with Crippen molar-refractivity contribution < 1.29 is 14.0 Å². The van der Waals surface area contributed by atoms with Gasteiger partial charge in [-0.3, -0.25) is 4.79 Å². The minimum absolute atomic E-state index is 0.0692. The van der Waals surface area contributed by atoms with Gasteiger partial charge < -0.3 is 15.1 Å². The third-order valence-corrected chi connectivity index (χ3v) is 3.98. The Balaban J connectivity index is 1.57. The van der Waals surface area contributed by atoms with Crippen molar-refractivity contribution in [1.82, 2.24) is 9.80 Å². The fourth-order valence-electron chi connectivity index (χ4n) is 2.64. The van der Waals surface area contributed by atoms with E-state index in [2.05, 4.69) is 5.32 Å². The van der Waals surface area contributed by atoms with Gasteiger partial charge >= 0.3 is 6.03 Å². The van der Waals surface area contributed by atoms with E-state index in [4.69, 9.17) is 0 Å². The second-order valence-corrected chi connectivity index (χ2v) is 5.56. The smallest absolute Gasteiger partial charge is 0.321 e. The molecule has 0 radical (unpaired) electrons. The number of carbonyl (C=O) groups is 2. The van der Waals surface area contributed by atoms with Gasteiger partial charge in [-0.2, -0.15) is 0 Å². The Kier molecular flexibility index (Phi) is 4.74. The predicted molar refractivity (Wildman–Crippen MR) is 89.3 cm³/mol. The van der Waals surface area contributed by atoms with Crippen molar-refractivity contribution in [2.24, 2.45) is 0 Å². The van der Waals surface area contributed by atoms with Gasteiger partial charge in [-0.25, -0.2) is 9.18 Å². The fourth-order valence-corrected chi connectivity index (χ4v) is 2.64. The first-order valence-corrected chi connectivity index (χ1v) is 7.80. The third-order valence-electron chi connectivity index (χ3n) is 3.98. The molecule has 1 N–H and O–H groups in total. The number of carbonyl (C=O) groups excluding carboxylic acids is 2. The lowest BCUT2D eigenvalue weighted by Gasteiger charge is -2.34. The number of nitrogens with zero attached hydrogens (tertiary/aromatic N) is 2. The van der Waals surface area contributed by atoms with Crippen molar-refractivity contribution >= 4 is 17.6 Å². The molecule has 1 aliphatic heterocycles. The van der Waals surface area contributed by atoms with Crippen molar-refractivity contribution in [1.29, 1.82) is 0 Å². The molecule has 0 saturated carbocycles. The molecule has 1 saturated heterocycles. The largest absolute Gasteiger partial charge is 0.335 e. The highest BCUT2D eigenvalue weighted by Gasteiger charge is 2.26.